The lowest BCUT2D eigenvalue weighted by atomic mass is 9.90. The van der Waals surface area contributed by atoms with E-state index in [0.717, 1.165) is 38.4 Å². The predicted molar refractivity (Wildman–Crippen MR) is 62.4 cm³/mol. The van der Waals surface area contributed by atoms with Gasteiger partial charge in [0.2, 0.25) is 0 Å². The van der Waals surface area contributed by atoms with Crippen LogP contribution < -0.4 is 0 Å². The molecule has 94 valence electrons. The van der Waals surface area contributed by atoms with Crippen LogP contribution in [0.15, 0.2) is 0 Å². The molecule has 0 aromatic heterocycles. The first kappa shape index (κ1) is 12.3. The van der Waals surface area contributed by atoms with Gasteiger partial charge in [0.25, 0.3) is 0 Å². The highest BCUT2D eigenvalue weighted by Crippen LogP contribution is 2.39. The van der Waals surface area contributed by atoms with Gasteiger partial charge in [-0.05, 0) is 38.0 Å². The lowest BCUT2D eigenvalue weighted by molar-refractivity contribution is 0.0849. The zero-order chi connectivity index (χ0) is 11.2. The number of hydrogen-bond donors (Lipinski definition) is 1. The molecule has 2 aliphatic rings. The fraction of sp³-hybridized carbons (Fsp3) is 1.00. The molecule has 1 saturated carbocycles. The van der Waals surface area contributed by atoms with Gasteiger partial charge in [-0.2, -0.15) is 0 Å². The predicted octanol–water partition coefficient (Wildman–Crippen LogP) is 2.12. The fourth-order valence-corrected chi connectivity index (χ4v) is 2.56. The first-order chi connectivity index (χ1) is 7.90. The molecule has 3 atom stereocenters. The minimum atomic E-state index is 0.325. The second-order valence-corrected chi connectivity index (χ2v) is 5.10. The van der Waals surface area contributed by atoms with Gasteiger partial charge in [-0.1, -0.05) is 12.8 Å². The summed E-state index contributed by atoms with van der Waals surface area (Å²) in [5.41, 5.74) is 0. The molecule has 16 heavy (non-hydrogen) atoms. The van der Waals surface area contributed by atoms with Gasteiger partial charge in [0.05, 0.1) is 12.2 Å². The van der Waals surface area contributed by atoms with Crippen LogP contribution in [0.5, 0.6) is 0 Å². The molecule has 3 heteroatoms. The highest BCUT2D eigenvalue weighted by atomic mass is 16.6. The Labute approximate surface area is 98.1 Å². The molecule has 0 amide bonds. The molecule has 1 saturated heterocycles. The molecule has 1 N–H and O–H groups in total. The molecule has 3 unspecified atom stereocenters. The number of ether oxygens (including phenoxy) is 2. The summed E-state index contributed by atoms with van der Waals surface area (Å²) >= 11 is 0. The number of epoxide rings is 1. The van der Waals surface area contributed by atoms with Crippen molar-refractivity contribution in [1.82, 2.24) is 0 Å². The zero-order valence-electron chi connectivity index (χ0n) is 10.1. The van der Waals surface area contributed by atoms with E-state index < -0.39 is 0 Å². The maximum absolute atomic E-state index is 8.62. The van der Waals surface area contributed by atoms with Crippen molar-refractivity contribution in [2.75, 3.05) is 19.8 Å². The Balaban J connectivity index is 1.39. The monoisotopic (exact) mass is 228 g/mol. The molecule has 3 nitrogen and oxygen atoms in total. The molecule has 0 aromatic carbocycles. The molecule has 0 radical (unpaired) electrons. The van der Waals surface area contributed by atoms with E-state index in [9.17, 15) is 0 Å². The van der Waals surface area contributed by atoms with E-state index in [4.69, 9.17) is 14.6 Å². The highest BCUT2D eigenvalue weighted by Gasteiger charge is 2.43. The van der Waals surface area contributed by atoms with Crippen molar-refractivity contribution in [3.05, 3.63) is 0 Å². The molecule has 0 spiro atoms. The standard InChI is InChI=1S/C13H24O3/c14-7-3-1-2-4-8-15-10-11-5-6-12-13(9-11)16-12/h11-14H,1-10H2. The van der Waals surface area contributed by atoms with E-state index in [-0.39, 0.29) is 0 Å². The average molecular weight is 228 g/mol. The lowest BCUT2D eigenvalue weighted by Gasteiger charge is -2.18. The van der Waals surface area contributed by atoms with Crippen LogP contribution in [-0.2, 0) is 9.47 Å². The smallest absolute Gasteiger partial charge is 0.0845 e. The second kappa shape index (κ2) is 6.58. The third-order valence-corrected chi connectivity index (χ3v) is 3.66. The quantitative estimate of drug-likeness (QED) is 0.511. The van der Waals surface area contributed by atoms with Gasteiger partial charge in [0, 0.05) is 19.8 Å². The van der Waals surface area contributed by atoms with E-state index in [1.165, 1.54) is 25.7 Å². The Morgan fingerprint density at radius 3 is 2.75 bits per heavy atom. The average Bonchev–Trinajstić information content (AvgIpc) is 3.06. The summed E-state index contributed by atoms with van der Waals surface area (Å²) in [5, 5.41) is 8.62. The van der Waals surface area contributed by atoms with Gasteiger partial charge in [-0.25, -0.2) is 0 Å². The lowest BCUT2D eigenvalue weighted by Crippen LogP contribution is -2.18. The Morgan fingerprint density at radius 2 is 1.94 bits per heavy atom. The normalized spacial score (nSPS) is 32.4. The Bertz CT molecular complexity index is 196. The summed E-state index contributed by atoms with van der Waals surface area (Å²) in [6, 6.07) is 0. The van der Waals surface area contributed by atoms with Crippen LogP contribution in [0.1, 0.15) is 44.9 Å². The van der Waals surface area contributed by atoms with Crippen LogP contribution in [0.2, 0.25) is 0 Å². The first-order valence-corrected chi connectivity index (χ1v) is 6.74. The third-order valence-electron chi connectivity index (χ3n) is 3.66. The van der Waals surface area contributed by atoms with Gasteiger partial charge in [0.1, 0.15) is 0 Å². The number of aliphatic hydroxyl groups excluding tert-OH is 1. The van der Waals surface area contributed by atoms with Gasteiger partial charge in [-0.15, -0.1) is 0 Å². The molecular formula is C13H24O3. The SMILES string of the molecule is OCCCCCCOCC1CCC2OC2C1. The van der Waals surface area contributed by atoms with E-state index in [2.05, 4.69) is 0 Å². The van der Waals surface area contributed by atoms with E-state index >= 15 is 0 Å². The van der Waals surface area contributed by atoms with Crippen molar-refractivity contribution in [3.8, 4) is 0 Å². The van der Waals surface area contributed by atoms with Crippen molar-refractivity contribution in [2.24, 2.45) is 5.92 Å². The molecule has 2 fully saturated rings. The second-order valence-electron chi connectivity index (χ2n) is 5.10. The topological polar surface area (TPSA) is 42.0 Å². The van der Waals surface area contributed by atoms with Gasteiger partial charge < -0.3 is 14.6 Å². The van der Waals surface area contributed by atoms with Crippen LogP contribution in [-0.4, -0.2) is 37.1 Å². The van der Waals surface area contributed by atoms with Crippen LogP contribution in [0, 0.1) is 5.92 Å². The van der Waals surface area contributed by atoms with Gasteiger partial charge in [-0.3, -0.25) is 0 Å². The molecular weight excluding hydrogens is 204 g/mol. The fourth-order valence-electron chi connectivity index (χ4n) is 2.56. The third kappa shape index (κ3) is 4.04. The Kier molecular flexibility index (Phi) is 5.07. The molecule has 2 rings (SSSR count). The summed E-state index contributed by atoms with van der Waals surface area (Å²) in [7, 11) is 0. The number of fused-ring (bicyclic) bond motifs is 1. The number of unbranched alkanes of at least 4 members (excludes halogenated alkanes) is 3. The minimum absolute atomic E-state index is 0.325. The summed E-state index contributed by atoms with van der Waals surface area (Å²) < 4.78 is 11.2. The van der Waals surface area contributed by atoms with Crippen LogP contribution in [0.4, 0.5) is 0 Å². The highest BCUT2D eigenvalue weighted by molar-refractivity contribution is 4.91. The van der Waals surface area contributed by atoms with Gasteiger partial charge >= 0.3 is 0 Å². The molecule has 1 aliphatic heterocycles. The van der Waals surface area contributed by atoms with Crippen molar-refractivity contribution < 1.29 is 14.6 Å². The number of hydrogen-bond acceptors (Lipinski definition) is 3. The minimum Gasteiger partial charge on any atom is -0.396 e. The Hall–Kier alpha value is -0.120. The summed E-state index contributed by atoms with van der Waals surface area (Å²) in [6.45, 7) is 2.13. The first-order valence-electron chi connectivity index (χ1n) is 6.74. The summed E-state index contributed by atoms with van der Waals surface area (Å²) in [4.78, 5) is 0. The molecule has 1 heterocycles. The van der Waals surface area contributed by atoms with Crippen molar-refractivity contribution >= 4 is 0 Å². The summed E-state index contributed by atoms with van der Waals surface area (Å²) in [6.07, 6.45) is 9.30. The van der Waals surface area contributed by atoms with Crippen molar-refractivity contribution in [1.29, 1.82) is 0 Å². The number of aliphatic hydroxyl groups is 1. The van der Waals surface area contributed by atoms with Crippen LogP contribution in [0.3, 0.4) is 0 Å². The van der Waals surface area contributed by atoms with Crippen LogP contribution in [0.25, 0.3) is 0 Å². The number of rotatable bonds is 8. The maximum atomic E-state index is 8.62. The van der Waals surface area contributed by atoms with E-state index in [1.54, 1.807) is 0 Å². The maximum Gasteiger partial charge on any atom is 0.0845 e. The van der Waals surface area contributed by atoms with E-state index in [0.29, 0.717) is 18.8 Å². The zero-order valence-corrected chi connectivity index (χ0v) is 10.1. The van der Waals surface area contributed by atoms with Crippen LogP contribution >= 0.6 is 0 Å². The molecule has 1 aliphatic carbocycles. The van der Waals surface area contributed by atoms with Gasteiger partial charge in [0.15, 0.2) is 0 Å². The van der Waals surface area contributed by atoms with E-state index in [1.807, 2.05) is 0 Å². The largest absolute Gasteiger partial charge is 0.396 e. The Morgan fingerprint density at radius 1 is 1.06 bits per heavy atom. The van der Waals surface area contributed by atoms with Crippen molar-refractivity contribution in [2.45, 2.75) is 57.2 Å². The summed E-state index contributed by atoms with van der Waals surface area (Å²) in [5.74, 6) is 0.737. The van der Waals surface area contributed by atoms with Crippen molar-refractivity contribution in [3.63, 3.8) is 0 Å². The molecule has 0 aromatic rings. The molecule has 0 bridgehead atoms.